The summed E-state index contributed by atoms with van der Waals surface area (Å²) in [5.74, 6) is 1.51. The standard InChI is InChI=1S/C13H18ClN/c14-13-6-1-3-10(8-13)7-12(9-15)11-4-2-5-11/h1,3,6,8,11-12H,2,4-5,7,9,15H2. The van der Waals surface area contributed by atoms with Crippen molar-refractivity contribution in [3.05, 3.63) is 34.9 Å². The predicted octanol–water partition coefficient (Wildman–Crippen LogP) is 3.26. The van der Waals surface area contributed by atoms with E-state index < -0.39 is 0 Å². The summed E-state index contributed by atoms with van der Waals surface area (Å²) in [7, 11) is 0. The van der Waals surface area contributed by atoms with Crippen molar-refractivity contribution in [3.8, 4) is 0 Å². The first-order chi connectivity index (χ1) is 7.29. The van der Waals surface area contributed by atoms with Gasteiger partial charge in [0.15, 0.2) is 0 Å². The molecule has 2 N–H and O–H groups in total. The SMILES string of the molecule is NCC(Cc1cccc(Cl)c1)C1CCC1. The molecule has 1 aliphatic carbocycles. The third-order valence-electron chi connectivity index (χ3n) is 3.51. The minimum atomic E-state index is 0.650. The number of nitrogens with two attached hydrogens (primary N) is 1. The molecule has 0 heterocycles. The molecular formula is C13H18ClN. The van der Waals surface area contributed by atoms with Gasteiger partial charge in [0.25, 0.3) is 0 Å². The van der Waals surface area contributed by atoms with Gasteiger partial charge in [0.2, 0.25) is 0 Å². The Bertz CT molecular complexity index is 320. The molecule has 1 fully saturated rings. The van der Waals surface area contributed by atoms with Gasteiger partial charge in [-0.2, -0.15) is 0 Å². The van der Waals surface area contributed by atoms with Gasteiger partial charge in [-0.25, -0.2) is 0 Å². The van der Waals surface area contributed by atoms with Crippen molar-refractivity contribution in [1.29, 1.82) is 0 Å². The third-order valence-corrected chi connectivity index (χ3v) is 3.74. The van der Waals surface area contributed by atoms with E-state index in [-0.39, 0.29) is 0 Å². The molecule has 0 bridgehead atoms. The van der Waals surface area contributed by atoms with Crippen molar-refractivity contribution in [2.75, 3.05) is 6.54 Å². The lowest BCUT2D eigenvalue weighted by molar-refractivity contribution is 0.209. The maximum atomic E-state index is 5.97. The highest BCUT2D eigenvalue weighted by molar-refractivity contribution is 6.30. The molecule has 82 valence electrons. The van der Waals surface area contributed by atoms with Gasteiger partial charge in [0.05, 0.1) is 0 Å². The Balaban J connectivity index is 1.99. The summed E-state index contributed by atoms with van der Waals surface area (Å²) in [5.41, 5.74) is 7.16. The number of benzene rings is 1. The Hall–Kier alpha value is -0.530. The molecule has 15 heavy (non-hydrogen) atoms. The van der Waals surface area contributed by atoms with Gasteiger partial charge in [0.1, 0.15) is 0 Å². The second-order valence-electron chi connectivity index (χ2n) is 4.52. The molecule has 2 heteroatoms. The highest BCUT2D eigenvalue weighted by Crippen LogP contribution is 2.34. The van der Waals surface area contributed by atoms with Crippen molar-refractivity contribution in [1.82, 2.24) is 0 Å². The Kier molecular flexibility index (Phi) is 3.66. The molecule has 0 spiro atoms. The monoisotopic (exact) mass is 223 g/mol. The first kappa shape index (κ1) is 11.0. The van der Waals surface area contributed by atoms with Crippen LogP contribution < -0.4 is 5.73 Å². The highest BCUT2D eigenvalue weighted by Gasteiger charge is 2.26. The van der Waals surface area contributed by atoms with Crippen LogP contribution in [0.2, 0.25) is 5.02 Å². The lowest BCUT2D eigenvalue weighted by atomic mass is 9.73. The zero-order valence-electron chi connectivity index (χ0n) is 8.95. The highest BCUT2D eigenvalue weighted by atomic mass is 35.5. The van der Waals surface area contributed by atoms with E-state index in [1.807, 2.05) is 12.1 Å². The van der Waals surface area contributed by atoms with Gasteiger partial charge in [0, 0.05) is 5.02 Å². The van der Waals surface area contributed by atoms with Gasteiger partial charge < -0.3 is 5.73 Å². The molecule has 0 aliphatic heterocycles. The largest absolute Gasteiger partial charge is 0.330 e. The van der Waals surface area contributed by atoms with E-state index >= 15 is 0 Å². The molecule has 1 aliphatic rings. The topological polar surface area (TPSA) is 26.0 Å². The second kappa shape index (κ2) is 5.00. The maximum absolute atomic E-state index is 5.97. The van der Waals surface area contributed by atoms with Crippen LogP contribution in [0.1, 0.15) is 24.8 Å². The van der Waals surface area contributed by atoms with Crippen LogP contribution in [0, 0.1) is 11.8 Å². The molecule has 0 radical (unpaired) electrons. The Morgan fingerprint density at radius 3 is 2.73 bits per heavy atom. The minimum absolute atomic E-state index is 0.650. The van der Waals surface area contributed by atoms with Crippen LogP contribution in [-0.4, -0.2) is 6.54 Å². The Labute approximate surface area is 96.6 Å². The van der Waals surface area contributed by atoms with Crippen LogP contribution in [0.4, 0.5) is 0 Å². The number of halogens is 1. The van der Waals surface area contributed by atoms with Crippen LogP contribution >= 0.6 is 11.6 Å². The van der Waals surface area contributed by atoms with Crippen molar-refractivity contribution in [2.45, 2.75) is 25.7 Å². The quantitative estimate of drug-likeness (QED) is 0.833. The maximum Gasteiger partial charge on any atom is 0.0408 e. The zero-order chi connectivity index (χ0) is 10.7. The lowest BCUT2D eigenvalue weighted by Crippen LogP contribution is -2.30. The molecule has 1 aromatic rings. The van der Waals surface area contributed by atoms with E-state index in [1.54, 1.807) is 0 Å². The van der Waals surface area contributed by atoms with Gasteiger partial charge in [-0.1, -0.05) is 43.0 Å². The van der Waals surface area contributed by atoms with Gasteiger partial charge in [-0.15, -0.1) is 0 Å². The number of hydrogen-bond donors (Lipinski definition) is 1. The fraction of sp³-hybridized carbons (Fsp3) is 0.538. The van der Waals surface area contributed by atoms with Gasteiger partial charge in [-0.05, 0) is 42.5 Å². The summed E-state index contributed by atoms with van der Waals surface area (Å²) >= 11 is 5.97. The predicted molar refractivity (Wildman–Crippen MR) is 65.0 cm³/mol. The molecule has 1 unspecified atom stereocenters. The van der Waals surface area contributed by atoms with Crippen LogP contribution in [-0.2, 0) is 6.42 Å². The number of hydrogen-bond acceptors (Lipinski definition) is 1. The van der Waals surface area contributed by atoms with E-state index in [4.69, 9.17) is 17.3 Å². The van der Waals surface area contributed by atoms with Crippen LogP contribution in [0.25, 0.3) is 0 Å². The molecule has 2 rings (SSSR count). The normalized spacial score (nSPS) is 18.5. The Morgan fingerprint density at radius 2 is 2.20 bits per heavy atom. The van der Waals surface area contributed by atoms with Crippen molar-refractivity contribution in [3.63, 3.8) is 0 Å². The van der Waals surface area contributed by atoms with Gasteiger partial charge in [-0.3, -0.25) is 0 Å². The molecule has 0 aromatic heterocycles. The summed E-state index contributed by atoms with van der Waals surface area (Å²) in [5, 5.41) is 0.830. The minimum Gasteiger partial charge on any atom is -0.330 e. The van der Waals surface area contributed by atoms with Crippen LogP contribution in [0.3, 0.4) is 0 Å². The first-order valence-corrected chi connectivity index (χ1v) is 6.12. The molecule has 1 saturated carbocycles. The average Bonchev–Trinajstić information content (AvgIpc) is 2.14. The molecule has 1 atom stereocenters. The van der Waals surface area contributed by atoms with E-state index in [9.17, 15) is 0 Å². The van der Waals surface area contributed by atoms with E-state index in [1.165, 1.54) is 24.8 Å². The van der Waals surface area contributed by atoms with Gasteiger partial charge >= 0.3 is 0 Å². The smallest absolute Gasteiger partial charge is 0.0408 e. The summed E-state index contributed by atoms with van der Waals surface area (Å²) in [6.07, 6.45) is 5.20. The summed E-state index contributed by atoms with van der Waals surface area (Å²) in [6, 6.07) is 8.15. The van der Waals surface area contributed by atoms with E-state index in [2.05, 4.69) is 12.1 Å². The average molecular weight is 224 g/mol. The fourth-order valence-corrected chi connectivity index (χ4v) is 2.53. The molecule has 0 amide bonds. The molecular weight excluding hydrogens is 206 g/mol. The first-order valence-electron chi connectivity index (χ1n) is 5.74. The summed E-state index contributed by atoms with van der Waals surface area (Å²) in [4.78, 5) is 0. The molecule has 1 aromatic carbocycles. The lowest BCUT2D eigenvalue weighted by Gasteiger charge is -2.33. The van der Waals surface area contributed by atoms with E-state index in [0.29, 0.717) is 5.92 Å². The molecule has 0 saturated heterocycles. The summed E-state index contributed by atoms with van der Waals surface area (Å²) in [6.45, 7) is 0.803. The van der Waals surface area contributed by atoms with Crippen molar-refractivity contribution >= 4 is 11.6 Å². The zero-order valence-corrected chi connectivity index (χ0v) is 9.71. The van der Waals surface area contributed by atoms with Crippen LogP contribution in [0.15, 0.2) is 24.3 Å². The third kappa shape index (κ3) is 2.73. The van der Waals surface area contributed by atoms with Crippen LogP contribution in [0.5, 0.6) is 0 Å². The fourth-order valence-electron chi connectivity index (χ4n) is 2.32. The number of rotatable bonds is 4. The second-order valence-corrected chi connectivity index (χ2v) is 4.96. The Morgan fingerprint density at radius 1 is 1.40 bits per heavy atom. The van der Waals surface area contributed by atoms with Crippen molar-refractivity contribution in [2.24, 2.45) is 17.6 Å². The molecule has 1 nitrogen and oxygen atoms in total. The summed E-state index contributed by atoms with van der Waals surface area (Å²) < 4.78 is 0. The van der Waals surface area contributed by atoms with E-state index in [0.717, 1.165) is 23.9 Å². The van der Waals surface area contributed by atoms with Crippen molar-refractivity contribution < 1.29 is 0 Å².